The average Bonchev–Trinajstić information content (AvgIpc) is 2.92. The summed E-state index contributed by atoms with van der Waals surface area (Å²) in [6.45, 7) is 11.8. The van der Waals surface area contributed by atoms with Crippen molar-refractivity contribution in [2.75, 3.05) is 12.4 Å². The summed E-state index contributed by atoms with van der Waals surface area (Å²) >= 11 is 1.40. The number of anilines is 1. The summed E-state index contributed by atoms with van der Waals surface area (Å²) in [6.07, 6.45) is 0. The van der Waals surface area contributed by atoms with E-state index in [1.165, 1.54) is 18.4 Å². The first-order valence-electron chi connectivity index (χ1n) is 8.03. The van der Waals surface area contributed by atoms with E-state index in [1.54, 1.807) is 6.07 Å². The number of esters is 1. The molecule has 0 aliphatic carbocycles. The van der Waals surface area contributed by atoms with Crippen LogP contribution in [0.4, 0.5) is 5.69 Å². The summed E-state index contributed by atoms with van der Waals surface area (Å²) in [7, 11) is 1.34. The van der Waals surface area contributed by atoms with Crippen LogP contribution in [0.1, 0.15) is 62.6 Å². The van der Waals surface area contributed by atoms with E-state index >= 15 is 0 Å². The lowest BCUT2D eigenvalue weighted by Crippen LogP contribution is -2.13. The fourth-order valence-electron chi connectivity index (χ4n) is 2.37. The smallest absolute Gasteiger partial charge is 0.338 e. The van der Waals surface area contributed by atoms with Gasteiger partial charge in [-0.2, -0.15) is 0 Å². The quantitative estimate of drug-likeness (QED) is 0.824. The zero-order chi connectivity index (χ0) is 18.9. The number of nitrogens with one attached hydrogen (secondary N) is 1. The molecule has 0 bridgehead atoms. The van der Waals surface area contributed by atoms with Gasteiger partial charge < -0.3 is 10.1 Å². The molecule has 6 heteroatoms. The minimum atomic E-state index is -0.416. The molecule has 0 fully saturated rings. The Morgan fingerprint density at radius 2 is 1.80 bits per heavy atom. The summed E-state index contributed by atoms with van der Waals surface area (Å²) in [5.74, 6) is -0.634. The fourth-order valence-corrected chi connectivity index (χ4v) is 3.39. The Labute approximate surface area is 152 Å². The van der Waals surface area contributed by atoms with E-state index in [-0.39, 0.29) is 11.3 Å². The van der Waals surface area contributed by atoms with Crippen LogP contribution < -0.4 is 5.32 Å². The molecule has 5 nitrogen and oxygen atoms in total. The van der Waals surface area contributed by atoms with Crippen LogP contribution in [0.5, 0.6) is 0 Å². The van der Waals surface area contributed by atoms with Crippen LogP contribution in [0.15, 0.2) is 12.1 Å². The van der Waals surface area contributed by atoms with Crippen LogP contribution in [-0.4, -0.2) is 24.0 Å². The third kappa shape index (κ3) is 4.07. The van der Waals surface area contributed by atoms with Gasteiger partial charge in [0, 0.05) is 11.1 Å². The van der Waals surface area contributed by atoms with Crippen LogP contribution in [0.2, 0.25) is 0 Å². The predicted molar refractivity (Wildman–Crippen MR) is 101 cm³/mol. The zero-order valence-electron chi connectivity index (χ0n) is 15.7. The summed E-state index contributed by atoms with van der Waals surface area (Å²) in [5.41, 5.74) is 3.38. The highest BCUT2D eigenvalue weighted by Gasteiger charge is 2.23. The molecule has 0 saturated carbocycles. The van der Waals surface area contributed by atoms with E-state index in [2.05, 4.69) is 31.1 Å². The second-order valence-electron chi connectivity index (χ2n) is 7.09. The van der Waals surface area contributed by atoms with Crippen molar-refractivity contribution in [1.29, 1.82) is 0 Å². The first-order valence-corrected chi connectivity index (χ1v) is 8.85. The molecule has 0 saturated heterocycles. The Hall–Kier alpha value is -2.21. The minimum Gasteiger partial charge on any atom is -0.465 e. The van der Waals surface area contributed by atoms with Gasteiger partial charge in [-0.3, -0.25) is 4.79 Å². The number of methoxy groups -OCH3 is 1. The van der Waals surface area contributed by atoms with Crippen LogP contribution in [0.3, 0.4) is 0 Å². The molecular formula is C19H24N2O3S. The van der Waals surface area contributed by atoms with Crippen LogP contribution >= 0.6 is 11.3 Å². The third-order valence-electron chi connectivity index (χ3n) is 3.97. The Kier molecular flexibility index (Phi) is 5.32. The van der Waals surface area contributed by atoms with Crippen molar-refractivity contribution in [3.8, 4) is 0 Å². The largest absolute Gasteiger partial charge is 0.465 e. The highest BCUT2D eigenvalue weighted by molar-refractivity contribution is 7.14. The van der Waals surface area contributed by atoms with Crippen LogP contribution in [0.25, 0.3) is 0 Å². The molecule has 1 aromatic heterocycles. The number of carbonyl (C=O) groups is 2. The van der Waals surface area contributed by atoms with Crippen molar-refractivity contribution >= 4 is 28.9 Å². The normalized spacial score (nSPS) is 11.3. The maximum Gasteiger partial charge on any atom is 0.338 e. The summed E-state index contributed by atoms with van der Waals surface area (Å²) in [6, 6.07) is 3.49. The minimum absolute atomic E-state index is 0.105. The monoisotopic (exact) mass is 360 g/mol. The summed E-state index contributed by atoms with van der Waals surface area (Å²) in [5, 5.41) is 3.80. The van der Waals surface area contributed by atoms with E-state index < -0.39 is 5.97 Å². The van der Waals surface area contributed by atoms with Gasteiger partial charge in [0.25, 0.3) is 5.91 Å². The third-order valence-corrected chi connectivity index (χ3v) is 5.56. The lowest BCUT2D eigenvalue weighted by atomic mass is 9.98. The number of carbonyl (C=O) groups excluding carboxylic acids is 2. The summed E-state index contributed by atoms with van der Waals surface area (Å²) in [4.78, 5) is 29.7. The maximum absolute atomic E-state index is 12.7. The van der Waals surface area contributed by atoms with Gasteiger partial charge in [0.05, 0.1) is 23.4 Å². The Balaban J connectivity index is 2.34. The topological polar surface area (TPSA) is 68.3 Å². The van der Waals surface area contributed by atoms with Crippen molar-refractivity contribution < 1.29 is 14.3 Å². The number of nitrogens with zero attached hydrogens (tertiary/aromatic N) is 1. The van der Waals surface area contributed by atoms with Gasteiger partial charge in [-0.25, -0.2) is 9.78 Å². The molecule has 25 heavy (non-hydrogen) atoms. The lowest BCUT2D eigenvalue weighted by molar-refractivity contribution is 0.0599. The Bertz CT molecular complexity index is 832. The molecule has 1 N–H and O–H groups in total. The number of amides is 1. The standard InChI is InChI=1S/C19H24N2O3S/c1-10-8-13(9-14(11(10)2)17(23)24-7)21-16(22)15-12(3)20-18(25-15)19(4,5)6/h8-9H,1-7H3,(H,21,22). The van der Waals surface area contributed by atoms with E-state index in [4.69, 9.17) is 4.74 Å². The van der Waals surface area contributed by atoms with Crippen molar-refractivity contribution in [2.24, 2.45) is 0 Å². The number of aromatic nitrogens is 1. The highest BCUT2D eigenvalue weighted by Crippen LogP contribution is 2.30. The molecule has 0 aliphatic heterocycles. The van der Waals surface area contributed by atoms with Gasteiger partial charge in [0.1, 0.15) is 4.88 Å². The molecule has 134 valence electrons. The lowest BCUT2D eigenvalue weighted by Gasteiger charge is -2.13. The molecule has 1 aromatic carbocycles. The first-order chi connectivity index (χ1) is 11.5. The summed E-state index contributed by atoms with van der Waals surface area (Å²) < 4.78 is 4.82. The number of hydrogen-bond donors (Lipinski definition) is 1. The average molecular weight is 360 g/mol. The van der Waals surface area contributed by atoms with E-state index in [0.717, 1.165) is 16.1 Å². The molecule has 1 heterocycles. The van der Waals surface area contributed by atoms with Gasteiger partial charge in [0.2, 0.25) is 0 Å². The first kappa shape index (κ1) is 19.1. The zero-order valence-corrected chi connectivity index (χ0v) is 16.6. The van der Waals surface area contributed by atoms with E-state index in [1.807, 2.05) is 26.8 Å². The molecule has 2 aromatic rings. The molecule has 1 amide bonds. The molecule has 0 unspecified atom stereocenters. The van der Waals surface area contributed by atoms with Crippen LogP contribution in [-0.2, 0) is 10.2 Å². The molecule has 0 aliphatic rings. The van der Waals surface area contributed by atoms with Crippen molar-refractivity contribution in [1.82, 2.24) is 4.98 Å². The molecule has 0 spiro atoms. The van der Waals surface area contributed by atoms with E-state index in [9.17, 15) is 9.59 Å². The highest BCUT2D eigenvalue weighted by atomic mass is 32.1. The predicted octanol–water partition coefficient (Wildman–Crippen LogP) is 4.40. The fraction of sp³-hybridized carbons (Fsp3) is 0.421. The van der Waals surface area contributed by atoms with Crippen molar-refractivity contribution in [2.45, 2.75) is 47.0 Å². The second-order valence-corrected chi connectivity index (χ2v) is 8.09. The van der Waals surface area contributed by atoms with Gasteiger partial charge in [-0.15, -0.1) is 11.3 Å². The Morgan fingerprint density at radius 1 is 1.16 bits per heavy atom. The molecule has 2 rings (SSSR count). The number of aryl methyl sites for hydroxylation is 2. The number of rotatable bonds is 3. The number of thiazole rings is 1. The Morgan fingerprint density at radius 3 is 2.32 bits per heavy atom. The van der Waals surface area contributed by atoms with Crippen molar-refractivity contribution in [3.05, 3.63) is 44.4 Å². The van der Waals surface area contributed by atoms with Gasteiger partial charge in [-0.1, -0.05) is 20.8 Å². The molecule has 0 radical (unpaired) electrons. The maximum atomic E-state index is 12.7. The van der Waals surface area contributed by atoms with Gasteiger partial charge >= 0.3 is 5.97 Å². The van der Waals surface area contributed by atoms with Gasteiger partial charge in [-0.05, 0) is 44.0 Å². The number of ether oxygens (including phenoxy) is 1. The number of hydrogen-bond acceptors (Lipinski definition) is 5. The van der Waals surface area contributed by atoms with Crippen molar-refractivity contribution in [3.63, 3.8) is 0 Å². The molecule has 0 atom stereocenters. The molecular weight excluding hydrogens is 336 g/mol. The number of benzene rings is 1. The van der Waals surface area contributed by atoms with Crippen LogP contribution in [0, 0.1) is 20.8 Å². The SMILES string of the molecule is COC(=O)c1cc(NC(=O)c2sc(C(C)(C)C)nc2C)cc(C)c1C. The second kappa shape index (κ2) is 6.96. The van der Waals surface area contributed by atoms with E-state index in [0.29, 0.717) is 21.8 Å². The van der Waals surface area contributed by atoms with Gasteiger partial charge in [0.15, 0.2) is 0 Å².